The summed E-state index contributed by atoms with van der Waals surface area (Å²) in [6, 6.07) is 2.17. The molecule has 0 aliphatic carbocycles. The van der Waals surface area contributed by atoms with Gasteiger partial charge in [0.2, 0.25) is 0 Å². The summed E-state index contributed by atoms with van der Waals surface area (Å²) in [6.07, 6.45) is 4.52. The molecule has 0 atom stereocenters. The summed E-state index contributed by atoms with van der Waals surface area (Å²) in [5.41, 5.74) is 3.36. The van der Waals surface area contributed by atoms with Gasteiger partial charge < -0.3 is 10.1 Å². The molecule has 0 bridgehead atoms. The maximum atomic E-state index is 8.99. The van der Waals surface area contributed by atoms with Crippen molar-refractivity contribution in [3.8, 4) is 0 Å². The van der Waals surface area contributed by atoms with Gasteiger partial charge in [0, 0.05) is 24.4 Å². The number of hydrogen-bond donors (Lipinski definition) is 2. The van der Waals surface area contributed by atoms with Gasteiger partial charge in [-0.05, 0) is 29.0 Å². The summed E-state index contributed by atoms with van der Waals surface area (Å²) in [4.78, 5) is 7.54. The van der Waals surface area contributed by atoms with Crippen LogP contribution in [0.4, 0.5) is 0 Å². The van der Waals surface area contributed by atoms with E-state index in [9.17, 15) is 0 Å². The predicted octanol–water partition coefficient (Wildman–Crippen LogP) is 2.40. The topological polar surface area (TPSA) is 48.9 Å². The molecule has 0 spiro atoms. The molecular weight excluding hydrogens is 200 g/mol. The first-order valence-corrected chi connectivity index (χ1v) is 5.59. The van der Waals surface area contributed by atoms with Crippen LogP contribution >= 0.6 is 0 Å². The quantitative estimate of drug-likeness (QED) is 0.813. The number of rotatable bonds is 2. The van der Waals surface area contributed by atoms with Crippen LogP contribution in [0.25, 0.3) is 11.0 Å². The number of aliphatic hydroxyl groups excluding tert-OH is 1. The molecule has 0 unspecified atom stereocenters. The van der Waals surface area contributed by atoms with Gasteiger partial charge in [0.25, 0.3) is 0 Å². The first-order chi connectivity index (χ1) is 7.52. The molecule has 0 radical (unpaired) electrons. The summed E-state index contributed by atoms with van der Waals surface area (Å²) in [5.74, 6) is 0. The number of aromatic amines is 1. The maximum absolute atomic E-state index is 8.99. The third-order valence-corrected chi connectivity index (χ3v) is 2.86. The van der Waals surface area contributed by atoms with Gasteiger partial charge in [-0.2, -0.15) is 0 Å². The standard InChI is InChI=1S/C13H18N2O/c1-13(2,3)10-6-11-9(4-5-16)7-14-12(11)15-8-10/h6-8,16H,4-5H2,1-3H3,(H,14,15). The summed E-state index contributed by atoms with van der Waals surface area (Å²) in [5, 5.41) is 10.1. The Morgan fingerprint density at radius 2 is 2.12 bits per heavy atom. The molecule has 0 fully saturated rings. The van der Waals surface area contributed by atoms with Crippen LogP contribution in [0.15, 0.2) is 18.5 Å². The van der Waals surface area contributed by atoms with Gasteiger partial charge in [0.15, 0.2) is 0 Å². The molecule has 0 saturated heterocycles. The Hall–Kier alpha value is -1.35. The van der Waals surface area contributed by atoms with Gasteiger partial charge in [-0.25, -0.2) is 4.98 Å². The lowest BCUT2D eigenvalue weighted by Gasteiger charge is -2.18. The Morgan fingerprint density at radius 1 is 1.38 bits per heavy atom. The van der Waals surface area contributed by atoms with E-state index in [0.717, 1.165) is 16.6 Å². The molecule has 3 heteroatoms. The normalized spacial score (nSPS) is 12.2. The van der Waals surface area contributed by atoms with Gasteiger partial charge in [-0.3, -0.25) is 0 Å². The van der Waals surface area contributed by atoms with Crippen molar-refractivity contribution in [2.24, 2.45) is 0 Å². The lowest BCUT2D eigenvalue weighted by Crippen LogP contribution is -2.11. The van der Waals surface area contributed by atoms with E-state index in [1.54, 1.807) is 0 Å². The van der Waals surface area contributed by atoms with Gasteiger partial charge >= 0.3 is 0 Å². The van der Waals surface area contributed by atoms with E-state index in [1.807, 2.05) is 12.4 Å². The predicted molar refractivity (Wildman–Crippen MR) is 65.6 cm³/mol. The van der Waals surface area contributed by atoms with Crippen molar-refractivity contribution in [2.45, 2.75) is 32.6 Å². The fourth-order valence-corrected chi connectivity index (χ4v) is 1.80. The number of nitrogens with zero attached hydrogens (tertiary/aromatic N) is 1. The summed E-state index contributed by atoms with van der Waals surface area (Å²) in [6.45, 7) is 6.70. The van der Waals surface area contributed by atoms with E-state index >= 15 is 0 Å². The molecule has 86 valence electrons. The zero-order valence-electron chi connectivity index (χ0n) is 10.0. The number of aliphatic hydroxyl groups is 1. The molecule has 3 nitrogen and oxygen atoms in total. The Labute approximate surface area is 95.5 Å². The molecule has 0 saturated carbocycles. The van der Waals surface area contributed by atoms with Crippen LogP contribution < -0.4 is 0 Å². The highest BCUT2D eigenvalue weighted by Gasteiger charge is 2.15. The average Bonchev–Trinajstić information content (AvgIpc) is 2.60. The van der Waals surface area contributed by atoms with Gasteiger partial charge in [0.05, 0.1) is 0 Å². The third kappa shape index (κ3) is 1.95. The molecule has 0 aromatic carbocycles. The number of nitrogens with one attached hydrogen (secondary N) is 1. The molecule has 16 heavy (non-hydrogen) atoms. The van der Waals surface area contributed by atoms with Crippen molar-refractivity contribution >= 4 is 11.0 Å². The second-order valence-electron chi connectivity index (χ2n) is 5.16. The molecule has 2 N–H and O–H groups in total. The van der Waals surface area contributed by atoms with Gasteiger partial charge in [-0.1, -0.05) is 20.8 Å². The average molecular weight is 218 g/mol. The summed E-state index contributed by atoms with van der Waals surface area (Å²) < 4.78 is 0. The van der Waals surface area contributed by atoms with Crippen molar-refractivity contribution in [2.75, 3.05) is 6.61 Å². The van der Waals surface area contributed by atoms with Crippen LogP contribution in [0.2, 0.25) is 0 Å². The molecule has 0 amide bonds. The summed E-state index contributed by atoms with van der Waals surface area (Å²) in [7, 11) is 0. The van der Waals surface area contributed by atoms with Crippen molar-refractivity contribution in [1.82, 2.24) is 9.97 Å². The molecular formula is C13H18N2O. The Balaban J connectivity index is 2.54. The van der Waals surface area contributed by atoms with Crippen molar-refractivity contribution in [3.63, 3.8) is 0 Å². The number of aromatic nitrogens is 2. The minimum atomic E-state index is 0.106. The third-order valence-electron chi connectivity index (χ3n) is 2.86. The Morgan fingerprint density at radius 3 is 2.75 bits per heavy atom. The lowest BCUT2D eigenvalue weighted by molar-refractivity contribution is 0.300. The monoisotopic (exact) mass is 218 g/mol. The van der Waals surface area contributed by atoms with Crippen LogP contribution in [-0.4, -0.2) is 21.7 Å². The van der Waals surface area contributed by atoms with Crippen LogP contribution in [-0.2, 0) is 11.8 Å². The van der Waals surface area contributed by atoms with E-state index in [2.05, 4.69) is 36.8 Å². The SMILES string of the molecule is CC(C)(C)c1cnc2[nH]cc(CCO)c2c1. The molecule has 2 heterocycles. The van der Waals surface area contributed by atoms with E-state index in [0.29, 0.717) is 6.42 Å². The fraction of sp³-hybridized carbons (Fsp3) is 0.462. The maximum Gasteiger partial charge on any atom is 0.137 e. The zero-order valence-corrected chi connectivity index (χ0v) is 10.0. The minimum Gasteiger partial charge on any atom is -0.396 e. The molecule has 0 aliphatic rings. The van der Waals surface area contributed by atoms with Gasteiger partial charge in [0.1, 0.15) is 5.65 Å². The number of fused-ring (bicyclic) bond motifs is 1. The molecule has 2 rings (SSSR count). The van der Waals surface area contributed by atoms with E-state index in [-0.39, 0.29) is 12.0 Å². The van der Waals surface area contributed by atoms with Crippen LogP contribution in [0.5, 0.6) is 0 Å². The molecule has 0 aliphatic heterocycles. The number of H-pyrrole nitrogens is 1. The summed E-state index contributed by atoms with van der Waals surface area (Å²) >= 11 is 0. The second-order valence-corrected chi connectivity index (χ2v) is 5.16. The number of pyridine rings is 1. The smallest absolute Gasteiger partial charge is 0.137 e. The van der Waals surface area contributed by atoms with Gasteiger partial charge in [-0.15, -0.1) is 0 Å². The van der Waals surface area contributed by atoms with E-state index in [1.165, 1.54) is 5.56 Å². The van der Waals surface area contributed by atoms with Crippen LogP contribution in [0.3, 0.4) is 0 Å². The highest BCUT2D eigenvalue weighted by atomic mass is 16.2. The highest BCUT2D eigenvalue weighted by Crippen LogP contribution is 2.26. The Bertz CT molecular complexity index is 494. The minimum absolute atomic E-state index is 0.106. The van der Waals surface area contributed by atoms with E-state index < -0.39 is 0 Å². The van der Waals surface area contributed by atoms with E-state index in [4.69, 9.17) is 5.11 Å². The lowest BCUT2D eigenvalue weighted by atomic mass is 9.87. The first kappa shape index (κ1) is 11.1. The van der Waals surface area contributed by atoms with Crippen molar-refractivity contribution in [3.05, 3.63) is 29.6 Å². The van der Waals surface area contributed by atoms with Crippen LogP contribution in [0, 0.1) is 0 Å². The first-order valence-electron chi connectivity index (χ1n) is 5.59. The second kappa shape index (κ2) is 3.91. The largest absolute Gasteiger partial charge is 0.396 e. The van der Waals surface area contributed by atoms with Crippen molar-refractivity contribution < 1.29 is 5.11 Å². The molecule has 2 aromatic heterocycles. The van der Waals surface area contributed by atoms with Crippen LogP contribution in [0.1, 0.15) is 31.9 Å². The highest BCUT2D eigenvalue weighted by molar-refractivity contribution is 5.80. The van der Waals surface area contributed by atoms with Crippen molar-refractivity contribution in [1.29, 1.82) is 0 Å². The zero-order chi connectivity index (χ0) is 11.8. The molecule has 2 aromatic rings. The fourth-order valence-electron chi connectivity index (χ4n) is 1.80. The Kier molecular flexibility index (Phi) is 2.72. The number of hydrogen-bond acceptors (Lipinski definition) is 2.